The maximum absolute atomic E-state index is 13.6. The number of methoxy groups -OCH3 is 1. The highest BCUT2D eigenvalue weighted by molar-refractivity contribution is 6.10. The van der Waals surface area contributed by atoms with Crippen molar-refractivity contribution in [2.24, 2.45) is 0 Å². The monoisotopic (exact) mass is 446 g/mol. The number of amides is 1. The third-order valence-corrected chi connectivity index (χ3v) is 6.23. The number of hydrogen-bond donors (Lipinski definition) is 2. The molecule has 0 unspecified atom stereocenters. The number of ketones is 1. The van der Waals surface area contributed by atoms with Gasteiger partial charge in [-0.3, -0.25) is 9.59 Å². The number of nitrogens with one attached hydrogen (secondary N) is 2. The van der Waals surface area contributed by atoms with Crippen LogP contribution in [0.4, 0.5) is 5.69 Å². The molecule has 1 aliphatic heterocycles. The van der Waals surface area contributed by atoms with Gasteiger partial charge in [-0.1, -0.05) is 24.3 Å². The topological polar surface area (TPSA) is 76.7 Å². The van der Waals surface area contributed by atoms with Gasteiger partial charge in [0.25, 0.3) is 5.91 Å². The van der Waals surface area contributed by atoms with E-state index < -0.39 is 5.92 Å². The van der Waals surface area contributed by atoms with E-state index in [1.165, 1.54) is 0 Å². The standard InChI is InChI=1S/C27H30N2O4/c1-5-33-22-14-13-18(15-23(22)32-4)25-24(27(31)29-19-10-7-6-9-16(19)2)17(3)28-20-11-8-12-21(30)26(20)25/h6-7,9-10,13-15,25,28H,5,8,11-12H2,1-4H3,(H,29,31)/t25-/m0/s1. The van der Waals surface area contributed by atoms with Crippen molar-refractivity contribution in [3.8, 4) is 11.5 Å². The first-order valence-electron chi connectivity index (χ1n) is 11.4. The van der Waals surface area contributed by atoms with Crippen LogP contribution < -0.4 is 20.1 Å². The molecular weight excluding hydrogens is 416 g/mol. The zero-order valence-electron chi connectivity index (χ0n) is 19.6. The van der Waals surface area contributed by atoms with Crippen LogP contribution in [0.25, 0.3) is 0 Å². The van der Waals surface area contributed by atoms with E-state index in [1.54, 1.807) is 7.11 Å². The van der Waals surface area contributed by atoms with Gasteiger partial charge in [0.15, 0.2) is 17.3 Å². The Morgan fingerprint density at radius 1 is 1.12 bits per heavy atom. The number of benzene rings is 2. The number of Topliss-reactive ketones (excluding diaryl/α,β-unsaturated/α-hetero) is 1. The van der Waals surface area contributed by atoms with E-state index in [1.807, 2.05) is 63.2 Å². The summed E-state index contributed by atoms with van der Waals surface area (Å²) in [4.78, 5) is 26.7. The lowest BCUT2D eigenvalue weighted by Gasteiger charge is -2.34. The van der Waals surface area contributed by atoms with Gasteiger partial charge in [0.1, 0.15) is 0 Å². The molecule has 0 saturated heterocycles. The van der Waals surface area contributed by atoms with Crippen molar-refractivity contribution >= 4 is 17.4 Å². The minimum atomic E-state index is -0.484. The van der Waals surface area contributed by atoms with Crippen molar-refractivity contribution in [1.29, 1.82) is 0 Å². The summed E-state index contributed by atoms with van der Waals surface area (Å²) in [6.07, 6.45) is 2.08. The van der Waals surface area contributed by atoms with Gasteiger partial charge in [0, 0.05) is 40.6 Å². The average molecular weight is 447 g/mol. The zero-order valence-corrected chi connectivity index (χ0v) is 19.6. The molecule has 33 heavy (non-hydrogen) atoms. The number of anilines is 1. The second-order valence-corrected chi connectivity index (χ2v) is 8.38. The number of carbonyl (C=O) groups excluding carboxylic acids is 2. The highest BCUT2D eigenvalue weighted by Crippen LogP contribution is 2.44. The molecule has 4 rings (SSSR count). The van der Waals surface area contributed by atoms with Gasteiger partial charge >= 0.3 is 0 Å². The van der Waals surface area contributed by atoms with Crippen molar-refractivity contribution in [2.45, 2.75) is 46.0 Å². The second kappa shape index (κ2) is 9.53. The molecule has 1 amide bonds. The normalized spacial score (nSPS) is 17.9. The Hall–Kier alpha value is -3.54. The lowest BCUT2D eigenvalue weighted by Crippen LogP contribution is -2.35. The van der Waals surface area contributed by atoms with Crippen LogP contribution in [0.3, 0.4) is 0 Å². The molecule has 0 radical (unpaired) electrons. The molecule has 0 bridgehead atoms. The van der Waals surface area contributed by atoms with Crippen molar-refractivity contribution in [3.05, 3.63) is 76.1 Å². The summed E-state index contributed by atoms with van der Waals surface area (Å²) in [5.41, 5.74) is 5.43. The SMILES string of the molecule is CCOc1ccc([C@H]2C(C(=O)Nc3ccccc3C)=C(C)NC3=C2C(=O)CCC3)cc1OC. The highest BCUT2D eigenvalue weighted by atomic mass is 16.5. The first-order chi connectivity index (χ1) is 15.9. The van der Waals surface area contributed by atoms with Crippen LogP contribution in [0.15, 0.2) is 65.0 Å². The molecule has 0 spiro atoms. The summed E-state index contributed by atoms with van der Waals surface area (Å²) in [6.45, 7) is 6.28. The third kappa shape index (κ3) is 4.38. The molecule has 2 N–H and O–H groups in total. The molecule has 0 aromatic heterocycles. The van der Waals surface area contributed by atoms with Crippen LogP contribution in [0.2, 0.25) is 0 Å². The third-order valence-electron chi connectivity index (χ3n) is 6.23. The number of ether oxygens (including phenoxy) is 2. The number of para-hydroxylation sites is 1. The first-order valence-corrected chi connectivity index (χ1v) is 11.4. The van der Waals surface area contributed by atoms with E-state index in [-0.39, 0.29) is 11.7 Å². The Balaban J connectivity index is 1.82. The number of dihydropyridines is 1. The smallest absolute Gasteiger partial charge is 0.254 e. The van der Waals surface area contributed by atoms with Crippen LogP contribution in [0.5, 0.6) is 11.5 Å². The molecule has 0 fully saturated rings. The lowest BCUT2D eigenvalue weighted by atomic mass is 9.75. The summed E-state index contributed by atoms with van der Waals surface area (Å²) < 4.78 is 11.2. The zero-order chi connectivity index (χ0) is 23.5. The Morgan fingerprint density at radius 2 is 1.91 bits per heavy atom. The van der Waals surface area contributed by atoms with Gasteiger partial charge < -0.3 is 20.1 Å². The lowest BCUT2D eigenvalue weighted by molar-refractivity contribution is -0.116. The number of carbonyl (C=O) groups is 2. The molecule has 0 saturated carbocycles. The van der Waals surface area contributed by atoms with Crippen LogP contribution in [-0.4, -0.2) is 25.4 Å². The maximum atomic E-state index is 13.6. The summed E-state index contributed by atoms with van der Waals surface area (Å²) >= 11 is 0. The fourth-order valence-electron chi connectivity index (χ4n) is 4.66. The van der Waals surface area contributed by atoms with Crippen LogP contribution in [0.1, 0.15) is 50.2 Å². The fraction of sp³-hybridized carbons (Fsp3) is 0.333. The quantitative estimate of drug-likeness (QED) is 0.652. The van der Waals surface area contributed by atoms with E-state index in [0.29, 0.717) is 35.7 Å². The Kier molecular flexibility index (Phi) is 6.54. The number of allylic oxidation sites excluding steroid dienone is 3. The highest BCUT2D eigenvalue weighted by Gasteiger charge is 2.38. The molecule has 2 aliphatic rings. The van der Waals surface area contributed by atoms with Crippen LogP contribution >= 0.6 is 0 Å². The molecule has 2 aromatic rings. The van der Waals surface area contributed by atoms with Crippen molar-refractivity contribution in [2.75, 3.05) is 19.0 Å². The maximum Gasteiger partial charge on any atom is 0.254 e. The van der Waals surface area contributed by atoms with Gasteiger partial charge in [-0.25, -0.2) is 0 Å². The minimum absolute atomic E-state index is 0.0790. The van der Waals surface area contributed by atoms with E-state index in [4.69, 9.17) is 9.47 Å². The molecule has 1 aliphatic carbocycles. The minimum Gasteiger partial charge on any atom is -0.493 e. The molecule has 1 heterocycles. The Morgan fingerprint density at radius 3 is 2.64 bits per heavy atom. The largest absolute Gasteiger partial charge is 0.493 e. The first kappa shape index (κ1) is 22.6. The molecule has 172 valence electrons. The molecule has 6 heteroatoms. The van der Waals surface area contributed by atoms with E-state index in [0.717, 1.165) is 41.1 Å². The van der Waals surface area contributed by atoms with Gasteiger partial charge in [-0.15, -0.1) is 0 Å². The summed E-state index contributed by atoms with van der Waals surface area (Å²) in [5.74, 6) is 0.582. The number of aryl methyl sites for hydroxylation is 1. The predicted octanol–water partition coefficient (Wildman–Crippen LogP) is 5.01. The molecular formula is C27H30N2O4. The fourth-order valence-corrected chi connectivity index (χ4v) is 4.66. The van der Waals surface area contributed by atoms with Crippen LogP contribution in [-0.2, 0) is 9.59 Å². The van der Waals surface area contributed by atoms with Crippen LogP contribution in [0, 0.1) is 6.92 Å². The predicted molar refractivity (Wildman–Crippen MR) is 128 cm³/mol. The van der Waals surface area contributed by atoms with E-state index >= 15 is 0 Å². The Bertz CT molecular complexity index is 1160. The summed E-state index contributed by atoms with van der Waals surface area (Å²) in [6, 6.07) is 13.3. The molecule has 2 aromatic carbocycles. The van der Waals surface area contributed by atoms with E-state index in [9.17, 15) is 9.59 Å². The van der Waals surface area contributed by atoms with E-state index in [2.05, 4.69) is 10.6 Å². The Labute approximate surface area is 194 Å². The van der Waals surface area contributed by atoms with Gasteiger partial charge in [-0.2, -0.15) is 0 Å². The molecule has 1 atom stereocenters. The van der Waals surface area contributed by atoms with Gasteiger partial charge in [0.2, 0.25) is 0 Å². The van der Waals surface area contributed by atoms with Crippen molar-refractivity contribution in [1.82, 2.24) is 5.32 Å². The number of rotatable bonds is 6. The summed E-state index contributed by atoms with van der Waals surface area (Å²) in [7, 11) is 1.59. The summed E-state index contributed by atoms with van der Waals surface area (Å²) in [5, 5.41) is 6.42. The molecule has 6 nitrogen and oxygen atoms in total. The average Bonchev–Trinajstić information content (AvgIpc) is 2.80. The number of hydrogen-bond acceptors (Lipinski definition) is 5. The van der Waals surface area contributed by atoms with Gasteiger partial charge in [-0.05, 0) is 62.9 Å². The van der Waals surface area contributed by atoms with Crippen molar-refractivity contribution < 1.29 is 19.1 Å². The second-order valence-electron chi connectivity index (χ2n) is 8.38. The van der Waals surface area contributed by atoms with Crippen molar-refractivity contribution in [3.63, 3.8) is 0 Å². The van der Waals surface area contributed by atoms with Gasteiger partial charge in [0.05, 0.1) is 13.7 Å².